The number of alkyl carbamates (subject to hydrolysis) is 2. The predicted molar refractivity (Wildman–Crippen MR) is 199 cm³/mol. The molecule has 4 amide bonds. The second-order valence-electron chi connectivity index (χ2n) is 14.8. The van der Waals surface area contributed by atoms with E-state index >= 15 is 0 Å². The SMILES string of the molecule is CNC(=O)O[C@H]1CC(=O)N([C@H]2O[C@@H](COC(C)=O)[C@H](OC(N)=O)[C@@H](O)[C@@H]2O)c2cc(cc(O)c2Cl)CC(C)=CC=C[C@@H](OC)[C@@]2(O)C[C@H](OC(=O)N2)[C@@H](C)[C@@H]2O[C@@]12C. The molecule has 58 heavy (non-hydrogen) atoms. The van der Waals surface area contributed by atoms with Crippen LogP contribution in [-0.2, 0) is 49.2 Å². The summed E-state index contributed by atoms with van der Waals surface area (Å²) in [5.41, 5.74) is 2.71. The summed E-state index contributed by atoms with van der Waals surface area (Å²) in [6, 6.07) is 2.77. The van der Waals surface area contributed by atoms with Gasteiger partial charge in [0.1, 0.15) is 59.6 Å². The van der Waals surface area contributed by atoms with Gasteiger partial charge in [-0.25, -0.2) is 14.4 Å². The molecule has 0 spiro atoms. The van der Waals surface area contributed by atoms with Crippen LogP contribution in [0.15, 0.2) is 35.9 Å². The number of esters is 1. The van der Waals surface area contributed by atoms with Gasteiger partial charge >= 0.3 is 24.2 Å². The van der Waals surface area contributed by atoms with E-state index in [-0.39, 0.29) is 23.6 Å². The summed E-state index contributed by atoms with van der Waals surface area (Å²) in [6.45, 7) is 5.44. The molecule has 4 aliphatic rings. The molecule has 320 valence electrons. The van der Waals surface area contributed by atoms with Gasteiger partial charge in [0.15, 0.2) is 18.1 Å². The number of amides is 4. The number of epoxide rings is 1. The van der Waals surface area contributed by atoms with Gasteiger partial charge in [-0.15, -0.1) is 0 Å². The van der Waals surface area contributed by atoms with Crippen LogP contribution in [0.1, 0.15) is 46.1 Å². The lowest BCUT2D eigenvalue weighted by Gasteiger charge is -2.46. The smallest absolute Gasteiger partial charge is 0.409 e. The number of nitrogens with two attached hydrogens (primary N) is 1. The fourth-order valence-corrected chi connectivity index (χ4v) is 7.78. The number of phenolic OH excluding ortho intramolecular Hbond substituents is 1. The first kappa shape index (κ1) is 44.4. The van der Waals surface area contributed by atoms with Crippen LogP contribution in [0.3, 0.4) is 0 Å². The van der Waals surface area contributed by atoms with Crippen LogP contribution in [0.5, 0.6) is 5.75 Å². The molecule has 0 aliphatic carbocycles. The molecule has 0 radical (unpaired) electrons. The number of hydrogen-bond acceptors (Lipinski definition) is 16. The maximum atomic E-state index is 14.9. The summed E-state index contributed by atoms with van der Waals surface area (Å²) in [6.07, 6.45) is -12.6. The first-order valence-electron chi connectivity index (χ1n) is 18.3. The summed E-state index contributed by atoms with van der Waals surface area (Å²) in [5.74, 6) is -2.90. The minimum Gasteiger partial charge on any atom is -0.506 e. The molecule has 20 nitrogen and oxygen atoms in total. The van der Waals surface area contributed by atoms with Gasteiger partial charge in [-0.2, -0.15) is 0 Å². The molecular weight excluding hydrogens is 792 g/mol. The molecule has 8 N–H and O–H groups in total. The quantitative estimate of drug-likeness (QED) is 0.120. The number of ether oxygens (including phenoxy) is 7. The number of methoxy groups -OCH3 is 1. The lowest BCUT2D eigenvalue weighted by molar-refractivity contribution is -0.230. The van der Waals surface area contributed by atoms with Gasteiger partial charge in [-0.05, 0) is 38.0 Å². The minimum atomic E-state index is -2.07. The second kappa shape index (κ2) is 17.7. The number of hydrogen-bond donors (Lipinski definition) is 7. The molecule has 0 unspecified atom stereocenters. The zero-order valence-corrected chi connectivity index (χ0v) is 33.3. The van der Waals surface area contributed by atoms with Gasteiger partial charge in [0, 0.05) is 33.4 Å². The first-order chi connectivity index (χ1) is 27.2. The molecule has 21 heteroatoms. The zero-order chi connectivity index (χ0) is 42.9. The Hall–Kier alpha value is -4.70. The van der Waals surface area contributed by atoms with E-state index in [9.17, 15) is 44.4 Å². The normalized spacial score (nSPS) is 35.3. The molecule has 1 aromatic rings. The molecule has 4 heterocycles. The lowest BCUT2D eigenvalue weighted by Crippen LogP contribution is -2.65. The summed E-state index contributed by atoms with van der Waals surface area (Å²) in [5, 5.41) is 50.1. The number of carbonyl (C=O) groups excluding carboxylic acids is 5. The van der Waals surface area contributed by atoms with Crippen molar-refractivity contribution in [3.05, 3.63) is 46.5 Å². The van der Waals surface area contributed by atoms with Gasteiger partial charge in [0.05, 0.1) is 18.2 Å². The van der Waals surface area contributed by atoms with Crippen LogP contribution in [0.2, 0.25) is 5.02 Å². The van der Waals surface area contributed by atoms with Crippen molar-refractivity contribution in [3.63, 3.8) is 0 Å². The Bertz CT molecular complexity index is 1830. The number of nitrogens with one attached hydrogen (secondary N) is 2. The van der Waals surface area contributed by atoms with Gasteiger partial charge in [0.25, 0.3) is 0 Å². The Morgan fingerprint density at radius 2 is 1.88 bits per heavy atom. The van der Waals surface area contributed by atoms with Gasteiger partial charge in [0.2, 0.25) is 5.91 Å². The summed E-state index contributed by atoms with van der Waals surface area (Å²) >= 11 is 6.70. The number of anilines is 1. The van der Waals surface area contributed by atoms with Crippen molar-refractivity contribution in [2.45, 2.75) is 113 Å². The maximum absolute atomic E-state index is 14.9. The molecule has 5 rings (SSSR count). The predicted octanol–water partition coefficient (Wildman–Crippen LogP) is 1.02. The molecule has 3 fully saturated rings. The molecule has 12 atom stereocenters. The van der Waals surface area contributed by atoms with Gasteiger partial charge in [-0.1, -0.05) is 42.3 Å². The Morgan fingerprint density at radius 1 is 1.17 bits per heavy atom. The van der Waals surface area contributed by atoms with Crippen molar-refractivity contribution in [3.8, 4) is 5.75 Å². The first-order valence-corrected chi connectivity index (χ1v) is 18.7. The van der Waals surface area contributed by atoms with Crippen LogP contribution in [-0.4, -0.2) is 138 Å². The third-order valence-electron chi connectivity index (χ3n) is 10.6. The summed E-state index contributed by atoms with van der Waals surface area (Å²) in [4.78, 5) is 65.0. The van der Waals surface area contributed by atoms with E-state index in [1.807, 2.05) is 0 Å². The number of nitrogens with zero attached hydrogens (tertiary/aromatic N) is 1. The Kier molecular flexibility index (Phi) is 13.5. The van der Waals surface area contributed by atoms with Gasteiger partial charge in [-0.3, -0.25) is 19.8 Å². The van der Waals surface area contributed by atoms with Crippen LogP contribution >= 0.6 is 11.6 Å². The van der Waals surface area contributed by atoms with Crippen LogP contribution in [0.25, 0.3) is 0 Å². The van der Waals surface area contributed by atoms with Crippen LogP contribution in [0.4, 0.5) is 20.1 Å². The highest BCUT2D eigenvalue weighted by atomic mass is 35.5. The summed E-state index contributed by atoms with van der Waals surface area (Å²) in [7, 11) is 2.65. The van der Waals surface area contributed by atoms with Crippen LogP contribution < -0.4 is 21.3 Å². The highest BCUT2D eigenvalue weighted by molar-refractivity contribution is 6.35. The molecule has 4 aliphatic heterocycles. The van der Waals surface area contributed by atoms with Crippen LogP contribution in [0, 0.1) is 5.92 Å². The Balaban J connectivity index is 1.67. The van der Waals surface area contributed by atoms with E-state index in [2.05, 4.69) is 10.6 Å². The highest BCUT2D eigenvalue weighted by Gasteiger charge is 2.65. The number of halogens is 1. The molecular formula is C37H49ClN4O16. The van der Waals surface area contributed by atoms with E-state index < -0.39 is 121 Å². The number of rotatable bonds is 6. The topological polar surface area (TPSA) is 287 Å². The highest BCUT2D eigenvalue weighted by Crippen LogP contribution is 2.49. The third kappa shape index (κ3) is 9.43. The number of benzene rings is 1. The van der Waals surface area contributed by atoms with E-state index in [4.69, 9.17) is 50.5 Å². The average Bonchev–Trinajstić information content (AvgIpc) is 3.84. The fourth-order valence-electron chi connectivity index (χ4n) is 7.58. The average molecular weight is 841 g/mol. The lowest BCUT2D eigenvalue weighted by atomic mass is 9.83. The van der Waals surface area contributed by atoms with Crippen molar-refractivity contribution in [1.29, 1.82) is 0 Å². The standard InChI is InChI=1S/C37H49ClN4O16/c1-16-8-7-9-24(52-6)37(51)14-22(55-35(50)41-37)17(2)31-36(4,58-31)25(56-34(49)40-5)13-26(45)42(20-11-19(10-16)12-21(44)27(20)38)32-29(47)28(46)30(57-33(39)48)23(54-32)15-53-18(3)43/h7-9,11-12,17,22-25,28-32,44,46-47,51H,10,13-15H2,1-6H3,(H2,39,48)(H,40,49)(H,41,50)/t17-,22+,23+,24-,25+,28+,29+,30+,31+,32+,36+,37+/m1/s1. The number of carbonyl (C=O) groups is 5. The number of fused-ring (bicyclic) bond motifs is 5. The van der Waals surface area contributed by atoms with Crippen molar-refractivity contribution in [1.82, 2.24) is 10.6 Å². The van der Waals surface area contributed by atoms with Crippen molar-refractivity contribution in [2.75, 3.05) is 25.7 Å². The number of aliphatic hydroxyl groups excluding tert-OH is 2. The van der Waals surface area contributed by atoms with E-state index in [0.717, 1.165) is 11.8 Å². The number of phenols is 1. The number of aromatic hydroxyl groups is 1. The monoisotopic (exact) mass is 840 g/mol. The maximum Gasteiger partial charge on any atom is 0.409 e. The van der Waals surface area contributed by atoms with Crippen molar-refractivity contribution >= 4 is 47.4 Å². The van der Waals surface area contributed by atoms with Crippen molar-refractivity contribution in [2.24, 2.45) is 11.7 Å². The molecule has 4 bridgehead atoms. The Morgan fingerprint density at radius 3 is 2.52 bits per heavy atom. The summed E-state index contributed by atoms with van der Waals surface area (Å²) < 4.78 is 39.2. The van der Waals surface area contributed by atoms with E-state index in [1.54, 1.807) is 32.9 Å². The number of primary amides is 1. The van der Waals surface area contributed by atoms with Gasteiger partial charge < -0.3 is 64.6 Å². The largest absolute Gasteiger partial charge is 0.506 e. The second-order valence-corrected chi connectivity index (χ2v) is 15.2. The zero-order valence-electron chi connectivity index (χ0n) is 32.6. The molecule has 1 aromatic carbocycles. The number of allylic oxidation sites excluding steroid dienone is 3. The molecule has 3 saturated heterocycles. The number of aliphatic hydroxyl groups is 3. The fraction of sp³-hybridized carbons (Fsp3) is 0.595. The molecule has 0 saturated carbocycles. The molecule has 0 aromatic heterocycles. The third-order valence-corrected chi connectivity index (χ3v) is 11.0. The minimum absolute atomic E-state index is 0.131. The van der Waals surface area contributed by atoms with E-state index in [0.29, 0.717) is 11.1 Å². The Labute approximate surface area is 338 Å². The van der Waals surface area contributed by atoms with E-state index in [1.165, 1.54) is 32.4 Å². The van der Waals surface area contributed by atoms with Crippen molar-refractivity contribution < 1.29 is 77.6 Å².